The number of hydrogen-bond acceptors (Lipinski definition) is 4. The summed E-state index contributed by atoms with van der Waals surface area (Å²) in [5, 5.41) is 0. The van der Waals surface area contributed by atoms with Crippen LogP contribution in [-0.4, -0.2) is 25.2 Å². The second-order valence-corrected chi connectivity index (χ2v) is 4.11. The molecular formula is C14H14O4. The van der Waals surface area contributed by atoms with Gasteiger partial charge in [-0.05, 0) is 18.1 Å². The lowest BCUT2D eigenvalue weighted by Crippen LogP contribution is -2.35. The van der Waals surface area contributed by atoms with Crippen molar-refractivity contribution in [1.29, 1.82) is 0 Å². The molecule has 0 amide bonds. The molecule has 1 heterocycles. The van der Waals surface area contributed by atoms with Gasteiger partial charge < -0.3 is 9.47 Å². The smallest absolute Gasteiger partial charge is 0.331 e. The third kappa shape index (κ3) is 2.27. The van der Waals surface area contributed by atoms with Crippen molar-refractivity contribution in [1.82, 2.24) is 0 Å². The molecule has 0 saturated carbocycles. The second-order valence-electron chi connectivity index (χ2n) is 4.11. The monoisotopic (exact) mass is 246 g/mol. The lowest BCUT2D eigenvalue weighted by Gasteiger charge is -2.28. The number of ether oxygens (including phenoxy) is 2. The van der Waals surface area contributed by atoms with Crippen molar-refractivity contribution in [3.05, 3.63) is 42.0 Å². The Bertz CT molecular complexity index is 490. The highest BCUT2D eigenvalue weighted by Gasteiger charge is 2.36. The largest absolute Gasteiger partial charge is 0.468 e. The molecule has 18 heavy (non-hydrogen) atoms. The Hall–Kier alpha value is -2.10. The SMILES string of the molecule is COC(=O)C1C(c2ccccc2)=CC(=O)OC1C. The number of carbonyl (C=O) groups excluding carboxylic acids is 2. The maximum absolute atomic E-state index is 11.8. The van der Waals surface area contributed by atoms with E-state index in [0.29, 0.717) is 5.57 Å². The number of benzene rings is 1. The molecule has 4 heteroatoms. The fourth-order valence-electron chi connectivity index (χ4n) is 2.09. The standard InChI is InChI=1S/C14H14O4/c1-9-13(14(16)17-2)11(8-12(15)18-9)10-6-4-3-5-7-10/h3-9,13H,1-2H3. The average molecular weight is 246 g/mol. The first-order chi connectivity index (χ1) is 8.63. The number of cyclic esters (lactones) is 1. The van der Waals surface area contributed by atoms with E-state index in [9.17, 15) is 9.59 Å². The van der Waals surface area contributed by atoms with Crippen LogP contribution in [0.25, 0.3) is 5.57 Å². The van der Waals surface area contributed by atoms with Crippen LogP contribution in [0.5, 0.6) is 0 Å². The van der Waals surface area contributed by atoms with Crippen molar-refractivity contribution in [3.8, 4) is 0 Å². The van der Waals surface area contributed by atoms with Gasteiger partial charge in [0, 0.05) is 6.08 Å². The summed E-state index contributed by atoms with van der Waals surface area (Å²) in [6, 6.07) is 9.30. The van der Waals surface area contributed by atoms with Gasteiger partial charge in [-0.3, -0.25) is 4.79 Å². The van der Waals surface area contributed by atoms with Crippen molar-refractivity contribution >= 4 is 17.5 Å². The van der Waals surface area contributed by atoms with Gasteiger partial charge >= 0.3 is 11.9 Å². The van der Waals surface area contributed by atoms with Crippen LogP contribution in [0.1, 0.15) is 12.5 Å². The predicted octanol–water partition coefficient (Wildman–Crippen LogP) is 1.80. The molecule has 0 N–H and O–H groups in total. The molecule has 1 aliphatic rings. The van der Waals surface area contributed by atoms with E-state index in [-0.39, 0.29) is 0 Å². The maximum atomic E-state index is 11.8. The Morgan fingerprint density at radius 2 is 1.94 bits per heavy atom. The van der Waals surface area contributed by atoms with Crippen molar-refractivity contribution in [3.63, 3.8) is 0 Å². The molecule has 0 spiro atoms. The van der Waals surface area contributed by atoms with Gasteiger partial charge in [-0.25, -0.2) is 4.79 Å². The Morgan fingerprint density at radius 3 is 2.56 bits per heavy atom. The zero-order valence-corrected chi connectivity index (χ0v) is 10.3. The number of esters is 2. The Morgan fingerprint density at radius 1 is 1.28 bits per heavy atom. The summed E-state index contributed by atoms with van der Waals surface area (Å²) in [5.41, 5.74) is 1.47. The summed E-state index contributed by atoms with van der Waals surface area (Å²) >= 11 is 0. The first-order valence-corrected chi connectivity index (χ1v) is 5.69. The van der Waals surface area contributed by atoms with Gasteiger partial charge in [0.25, 0.3) is 0 Å². The molecule has 2 atom stereocenters. The molecule has 0 aromatic heterocycles. The predicted molar refractivity (Wildman–Crippen MR) is 65.5 cm³/mol. The first-order valence-electron chi connectivity index (χ1n) is 5.69. The average Bonchev–Trinajstić information content (AvgIpc) is 2.38. The fraction of sp³-hybridized carbons (Fsp3) is 0.286. The maximum Gasteiger partial charge on any atom is 0.331 e. The molecule has 0 saturated heterocycles. The Labute approximate surface area is 105 Å². The molecule has 0 aliphatic carbocycles. The molecule has 2 rings (SSSR count). The quantitative estimate of drug-likeness (QED) is 0.747. The Balaban J connectivity index is 2.45. The zero-order chi connectivity index (χ0) is 13.1. The number of methoxy groups -OCH3 is 1. The van der Waals surface area contributed by atoms with Crippen LogP contribution in [-0.2, 0) is 19.1 Å². The second kappa shape index (κ2) is 5.04. The molecule has 94 valence electrons. The minimum Gasteiger partial charge on any atom is -0.468 e. The lowest BCUT2D eigenvalue weighted by molar-refractivity contribution is -0.154. The molecule has 1 aliphatic heterocycles. The fourth-order valence-corrected chi connectivity index (χ4v) is 2.09. The van der Waals surface area contributed by atoms with E-state index in [0.717, 1.165) is 5.56 Å². The van der Waals surface area contributed by atoms with E-state index in [2.05, 4.69) is 0 Å². The molecule has 0 fully saturated rings. The molecular weight excluding hydrogens is 232 g/mol. The molecule has 0 bridgehead atoms. The minimum absolute atomic E-state index is 0.398. The third-order valence-electron chi connectivity index (χ3n) is 2.94. The minimum atomic E-state index is -0.574. The summed E-state index contributed by atoms with van der Waals surface area (Å²) in [6.07, 6.45) is 0.835. The van der Waals surface area contributed by atoms with Gasteiger partial charge in [-0.2, -0.15) is 0 Å². The number of carbonyl (C=O) groups is 2. The summed E-state index contributed by atoms with van der Waals surface area (Å²) < 4.78 is 9.83. The van der Waals surface area contributed by atoms with Gasteiger partial charge in [0.05, 0.1) is 7.11 Å². The van der Waals surface area contributed by atoms with Crippen LogP contribution in [0.2, 0.25) is 0 Å². The van der Waals surface area contributed by atoms with Gasteiger partial charge in [0.1, 0.15) is 12.0 Å². The van der Waals surface area contributed by atoms with E-state index in [1.54, 1.807) is 6.92 Å². The lowest BCUT2D eigenvalue weighted by atomic mass is 9.87. The normalized spacial score (nSPS) is 23.0. The highest BCUT2D eigenvalue weighted by molar-refractivity contribution is 6.00. The van der Waals surface area contributed by atoms with Crippen molar-refractivity contribution in [2.24, 2.45) is 5.92 Å². The third-order valence-corrected chi connectivity index (χ3v) is 2.94. The first kappa shape index (κ1) is 12.4. The summed E-state index contributed by atoms with van der Waals surface area (Å²) in [5.74, 6) is -1.40. The van der Waals surface area contributed by atoms with Gasteiger partial charge in [-0.15, -0.1) is 0 Å². The molecule has 2 unspecified atom stereocenters. The van der Waals surface area contributed by atoms with Crippen molar-refractivity contribution in [2.75, 3.05) is 7.11 Å². The summed E-state index contributed by atoms with van der Waals surface area (Å²) in [4.78, 5) is 23.3. The summed E-state index contributed by atoms with van der Waals surface area (Å²) in [7, 11) is 1.33. The zero-order valence-electron chi connectivity index (χ0n) is 10.3. The molecule has 0 radical (unpaired) electrons. The number of rotatable bonds is 2. The molecule has 1 aromatic carbocycles. The molecule has 4 nitrogen and oxygen atoms in total. The molecule has 1 aromatic rings. The van der Waals surface area contributed by atoms with E-state index in [1.165, 1.54) is 13.2 Å². The van der Waals surface area contributed by atoms with Crippen molar-refractivity contribution in [2.45, 2.75) is 13.0 Å². The van der Waals surface area contributed by atoms with Crippen LogP contribution in [0.15, 0.2) is 36.4 Å². The van der Waals surface area contributed by atoms with Crippen LogP contribution in [0.3, 0.4) is 0 Å². The van der Waals surface area contributed by atoms with Gasteiger partial charge in [-0.1, -0.05) is 30.3 Å². The van der Waals surface area contributed by atoms with E-state index >= 15 is 0 Å². The van der Waals surface area contributed by atoms with E-state index in [4.69, 9.17) is 9.47 Å². The summed E-state index contributed by atoms with van der Waals surface area (Å²) in [6.45, 7) is 1.69. The number of hydrogen-bond donors (Lipinski definition) is 0. The highest BCUT2D eigenvalue weighted by atomic mass is 16.6. The van der Waals surface area contributed by atoms with E-state index < -0.39 is 24.0 Å². The highest BCUT2D eigenvalue weighted by Crippen LogP contribution is 2.32. The van der Waals surface area contributed by atoms with Crippen LogP contribution in [0.4, 0.5) is 0 Å². The van der Waals surface area contributed by atoms with Crippen molar-refractivity contribution < 1.29 is 19.1 Å². The van der Waals surface area contributed by atoms with E-state index in [1.807, 2.05) is 30.3 Å². The Kier molecular flexibility index (Phi) is 3.46. The van der Waals surface area contributed by atoms with Gasteiger partial charge in [0.2, 0.25) is 0 Å². The van der Waals surface area contributed by atoms with Crippen LogP contribution in [0, 0.1) is 5.92 Å². The van der Waals surface area contributed by atoms with Gasteiger partial charge in [0.15, 0.2) is 0 Å². The van der Waals surface area contributed by atoms with Crippen LogP contribution < -0.4 is 0 Å². The van der Waals surface area contributed by atoms with Crippen LogP contribution >= 0.6 is 0 Å². The topological polar surface area (TPSA) is 52.6 Å².